The molecule has 0 aliphatic carbocycles. The molecule has 0 aliphatic rings. The molecule has 0 aliphatic heterocycles. The maximum atomic E-state index is 10.6. The number of hydrogen-bond acceptors (Lipinski definition) is 3. The number of H-pyrrole nitrogens is 1. The molecule has 1 heterocycles. The summed E-state index contributed by atoms with van der Waals surface area (Å²) in [6.07, 6.45) is 1.07. The monoisotopic (exact) mass is 182 g/mol. The lowest BCUT2D eigenvalue weighted by molar-refractivity contribution is 0.245. The van der Waals surface area contributed by atoms with Crippen LogP contribution in [0, 0.1) is 5.92 Å². The zero-order valence-electron chi connectivity index (χ0n) is 7.91. The van der Waals surface area contributed by atoms with Crippen molar-refractivity contribution in [1.29, 1.82) is 0 Å². The number of ether oxygens (including phenoxy) is 1. The van der Waals surface area contributed by atoms with Gasteiger partial charge in [-0.3, -0.25) is 4.79 Å². The molecule has 4 heteroatoms. The van der Waals surface area contributed by atoms with Crippen LogP contribution in [-0.4, -0.2) is 16.8 Å². The molecule has 1 aromatic rings. The maximum absolute atomic E-state index is 10.6. The van der Waals surface area contributed by atoms with Crippen molar-refractivity contribution in [3.8, 4) is 5.88 Å². The summed E-state index contributed by atoms with van der Waals surface area (Å²) in [5.41, 5.74) is -0.212. The number of aromatic nitrogens is 2. The van der Waals surface area contributed by atoms with Gasteiger partial charge in [-0.05, 0) is 5.92 Å². The van der Waals surface area contributed by atoms with E-state index < -0.39 is 0 Å². The molecule has 0 radical (unpaired) electrons. The van der Waals surface area contributed by atoms with Crippen molar-refractivity contribution in [3.63, 3.8) is 0 Å². The van der Waals surface area contributed by atoms with Gasteiger partial charge in [0, 0.05) is 12.1 Å². The Kier molecular flexibility index (Phi) is 3.49. The van der Waals surface area contributed by atoms with Crippen LogP contribution in [0.1, 0.15) is 20.3 Å². The first-order chi connectivity index (χ1) is 6.22. The van der Waals surface area contributed by atoms with Crippen LogP contribution in [0.2, 0.25) is 0 Å². The zero-order valence-corrected chi connectivity index (χ0v) is 7.91. The fourth-order valence-electron chi connectivity index (χ4n) is 0.758. The summed E-state index contributed by atoms with van der Waals surface area (Å²) in [6, 6.07) is 2.97. The number of aromatic amines is 1. The lowest BCUT2D eigenvalue weighted by Gasteiger charge is -2.08. The van der Waals surface area contributed by atoms with Gasteiger partial charge in [0.25, 0.3) is 5.56 Å². The van der Waals surface area contributed by atoms with Gasteiger partial charge in [-0.25, -0.2) is 5.10 Å². The van der Waals surface area contributed by atoms with E-state index in [2.05, 4.69) is 24.0 Å². The summed E-state index contributed by atoms with van der Waals surface area (Å²) in [7, 11) is 0. The molecule has 0 saturated heterocycles. The van der Waals surface area contributed by atoms with Gasteiger partial charge >= 0.3 is 0 Å². The average Bonchev–Trinajstić information content (AvgIpc) is 2.16. The van der Waals surface area contributed by atoms with E-state index in [4.69, 9.17) is 4.74 Å². The Labute approximate surface area is 76.9 Å². The minimum atomic E-state index is -0.212. The standard InChI is InChI=1S/C9H14N2O2/c1-3-7(2)6-13-9-5-4-8(12)10-11-9/h4-5,7H,3,6H2,1-2H3,(H,10,12)/t7-/m0/s1. The lowest BCUT2D eigenvalue weighted by atomic mass is 10.1. The molecule has 0 fully saturated rings. The first kappa shape index (κ1) is 9.77. The van der Waals surface area contributed by atoms with Gasteiger partial charge in [-0.1, -0.05) is 20.3 Å². The third-order valence-electron chi connectivity index (χ3n) is 1.87. The van der Waals surface area contributed by atoms with Crippen LogP contribution < -0.4 is 10.3 Å². The lowest BCUT2D eigenvalue weighted by Crippen LogP contribution is -2.11. The summed E-state index contributed by atoms with van der Waals surface area (Å²) >= 11 is 0. The van der Waals surface area contributed by atoms with Crippen LogP contribution in [0.5, 0.6) is 5.88 Å². The van der Waals surface area contributed by atoms with Crippen LogP contribution in [0.3, 0.4) is 0 Å². The van der Waals surface area contributed by atoms with Crippen molar-refractivity contribution >= 4 is 0 Å². The zero-order chi connectivity index (χ0) is 9.68. The van der Waals surface area contributed by atoms with E-state index in [9.17, 15) is 4.79 Å². The molecule has 1 aromatic heterocycles. The molecular formula is C9H14N2O2. The van der Waals surface area contributed by atoms with Crippen molar-refractivity contribution in [2.24, 2.45) is 5.92 Å². The molecule has 0 unspecified atom stereocenters. The fourth-order valence-corrected chi connectivity index (χ4v) is 0.758. The first-order valence-corrected chi connectivity index (χ1v) is 4.41. The summed E-state index contributed by atoms with van der Waals surface area (Å²) < 4.78 is 5.33. The first-order valence-electron chi connectivity index (χ1n) is 4.41. The average molecular weight is 182 g/mol. The highest BCUT2D eigenvalue weighted by molar-refractivity contribution is 5.05. The predicted octanol–water partition coefficient (Wildman–Crippen LogP) is 1.19. The molecule has 13 heavy (non-hydrogen) atoms. The van der Waals surface area contributed by atoms with E-state index >= 15 is 0 Å². The molecule has 0 aromatic carbocycles. The predicted molar refractivity (Wildman–Crippen MR) is 49.8 cm³/mol. The van der Waals surface area contributed by atoms with Crippen molar-refractivity contribution in [2.45, 2.75) is 20.3 Å². The second-order valence-electron chi connectivity index (χ2n) is 3.08. The van der Waals surface area contributed by atoms with Crippen LogP contribution >= 0.6 is 0 Å². The van der Waals surface area contributed by atoms with E-state index in [0.29, 0.717) is 18.4 Å². The highest BCUT2D eigenvalue weighted by Crippen LogP contribution is 2.05. The summed E-state index contributed by atoms with van der Waals surface area (Å²) in [5, 5.41) is 6.04. The molecule has 0 bridgehead atoms. The summed E-state index contributed by atoms with van der Waals surface area (Å²) in [6.45, 7) is 4.84. The minimum absolute atomic E-state index is 0.212. The highest BCUT2D eigenvalue weighted by Gasteiger charge is 2.00. The second kappa shape index (κ2) is 4.64. The topological polar surface area (TPSA) is 55.0 Å². The number of hydrogen-bond donors (Lipinski definition) is 1. The van der Waals surface area contributed by atoms with Crippen LogP contribution in [-0.2, 0) is 0 Å². The van der Waals surface area contributed by atoms with E-state index in [0.717, 1.165) is 6.42 Å². The Hall–Kier alpha value is -1.32. The molecule has 72 valence electrons. The smallest absolute Gasteiger partial charge is 0.264 e. The Balaban J connectivity index is 2.46. The van der Waals surface area contributed by atoms with Crippen LogP contribution in [0.4, 0.5) is 0 Å². The van der Waals surface area contributed by atoms with Crippen LogP contribution in [0.25, 0.3) is 0 Å². The molecule has 1 rings (SSSR count). The van der Waals surface area contributed by atoms with Gasteiger partial charge in [0.2, 0.25) is 5.88 Å². The third-order valence-corrected chi connectivity index (χ3v) is 1.87. The largest absolute Gasteiger partial charge is 0.476 e. The Bertz CT molecular complexity index is 288. The number of rotatable bonds is 4. The van der Waals surface area contributed by atoms with Gasteiger partial charge < -0.3 is 4.74 Å². The van der Waals surface area contributed by atoms with E-state index in [-0.39, 0.29) is 5.56 Å². The summed E-state index contributed by atoms with van der Waals surface area (Å²) in [5.74, 6) is 0.980. The van der Waals surface area contributed by atoms with Gasteiger partial charge in [-0.15, -0.1) is 5.10 Å². The van der Waals surface area contributed by atoms with Gasteiger partial charge in [0.1, 0.15) is 0 Å². The SMILES string of the molecule is CC[C@H](C)COc1ccc(=O)[nH]n1. The highest BCUT2D eigenvalue weighted by atomic mass is 16.5. The van der Waals surface area contributed by atoms with Gasteiger partial charge in [0.05, 0.1) is 6.61 Å². The normalized spacial score (nSPS) is 12.5. The third kappa shape index (κ3) is 3.27. The quantitative estimate of drug-likeness (QED) is 0.761. The molecular weight excluding hydrogens is 168 g/mol. The fraction of sp³-hybridized carbons (Fsp3) is 0.556. The molecule has 4 nitrogen and oxygen atoms in total. The van der Waals surface area contributed by atoms with Crippen molar-refractivity contribution in [2.75, 3.05) is 6.61 Å². The second-order valence-corrected chi connectivity index (χ2v) is 3.08. The molecule has 1 atom stereocenters. The Morgan fingerprint density at radius 1 is 1.62 bits per heavy atom. The Morgan fingerprint density at radius 2 is 2.38 bits per heavy atom. The van der Waals surface area contributed by atoms with Gasteiger partial charge in [-0.2, -0.15) is 0 Å². The van der Waals surface area contributed by atoms with Crippen molar-refractivity contribution < 1.29 is 4.74 Å². The van der Waals surface area contributed by atoms with E-state index in [1.807, 2.05) is 0 Å². The summed E-state index contributed by atoms with van der Waals surface area (Å²) in [4.78, 5) is 10.6. The van der Waals surface area contributed by atoms with E-state index in [1.165, 1.54) is 6.07 Å². The minimum Gasteiger partial charge on any atom is -0.476 e. The molecule has 1 N–H and O–H groups in total. The maximum Gasteiger partial charge on any atom is 0.264 e. The number of nitrogens with one attached hydrogen (secondary N) is 1. The molecule has 0 spiro atoms. The van der Waals surface area contributed by atoms with E-state index in [1.54, 1.807) is 6.07 Å². The molecule has 0 saturated carbocycles. The van der Waals surface area contributed by atoms with Crippen molar-refractivity contribution in [3.05, 3.63) is 22.5 Å². The van der Waals surface area contributed by atoms with Crippen LogP contribution in [0.15, 0.2) is 16.9 Å². The Morgan fingerprint density at radius 3 is 2.92 bits per heavy atom. The van der Waals surface area contributed by atoms with Gasteiger partial charge in [0.15, 0.2) is 0 Å². The molecule has 0 amide bonds. The number of nitrogens with zero attached hydrogens (tertiary/aromatic N) is 1. The van der Waals surface area contributed by atoms with Crippen molar-refractivity contribution in [1.82, 2.24) is 10.2 Å².